The maximum absolute atomic E-state index is 6.05. The quantitative estimate of drug-likeness (QED) is 0.701. The second-order valence-corrected chi connectivity index (χ2v) is 3.20. The summed E-state index contributed by atoms with van der Waals surface area (Å²) in [4.78, 5) is 0. The van der Waals surface area contributed by atoms with Crippen molar-refractivity contribution < 1.29 is 0 Å². The minimum absolute atomic E-state index is 0.733. The largest absolute Gasteiger partial charge is 0.397 e. The Morgan fingerprint density at radius 1 is 1.17 bits per heavy atom. The van der Waals surface area contributed by atoms with Crippen molar-refractivity contribution in [3.05, 3.63) is 28.3 Å². The molecule has 0 saturated carbocycles. The molecule has 1 rings (SSSR count). The number of benzene rings is 1. The lowest BCUT2D eigenvalue weighted by atomic mass is 10.1. The van der Waals surface area contributed by atoms with Crippen LogP contribution in [0.3, 0.4) is 0 Å². The molecule has 0 aliphatic carbocycles. The normalized spacial score (nSPS) is 10.2. The SMILES string of the molecule is CCc1ccc(CC)c(Cl)c1N. The van der Waals surface area contributed by atoms with E-state index in [4.69, 9.17) is 17.3 Å². The van der Waals surface area contributed by atoms with Crippen LogP contribution in [0.25, 0.3) is 0 Å². The van der Waals surface area contributed by atoms with Gasteiger partial charge in [0.15, 0.2) is 0 Å². The van der Waals surface area contributed by atoms with Crippen molar-refractivity contribution in [1.82, 2.24) is 0 Å². The summed E-state index contributed by atoms with van der Waals surface area (Å²) in [7, 11) is 0. The van der Waals surface area contributed by atoms with Gasteiger partial charge in [0, 0.05) is 0 Å². The average molecular weight is 184 g/mol. The molecular formula is C10H14ClN. The Bertz CT molecular complexity index is 252. The fraction of sp³-hybridized carbons (Fsp3) is 0.400. The molecule has 0 bridgehead atoms. The first kappa shape index (κ1) is 9.40. The molecule has 1 nitrogen and oxygen atoms in total. The third kappa shape index (κ3) is 1.56. The second-order valence-electron chi connectivity index (χ2n) is 2.82. The summed E-state index contributed by atoms with van der Waals surface area (Å²) in [6.07, 6.45) is 1.88. The predicted octanol–water partition coefficient (Wildman–Crippen LogP) is 3.05. The van der Waals surface area contributed by atoms with E-state index < -0.39 is 0 Å². The van der Waals surface area contributed by atoms with Gasteiger partial charge in [0.2, 0.25) is 0 Å². The van der Waals surface area contributed by atoms with Crippen LogP contribution >= 0.6 is 11.6 Å². The van der Waals surface area contributed by atoms with E-state index in [1.165, 1.54) is 0 Å². The first-order chi connectivity index (χ1) is 5.70. The molecule has 2 N–H and O–H groups in total. The van der Waals surface area contributed by atoms with Crippen molar-refractivity contribution in [2.45, 2.75) is 26.7 Å². The number of hydrogen-bond acceptors (Lipinski definition) is 1. The van der Waals surface area contributed by atoms with Gasteiger partial charge >= 0.3 is 0 Å². The first-order valence-corrected chi connectivity index (χ1v) is 4.64. The summed E-state index contributed by atoms with van der Waals surface area (Å²) in [6, 6.07) is 4.11. The van der Waals surface area contributed by atoms with Crippen LogP contribution in [-0.4, -0.2) is 0 Å². The molecule has 0 aromatic heterocycles. The molecule has 1 aromatic rings. The van der Waals surface area contributed by atoms with E-state index in [-0.39, 0.29) is 0 Å². The van der Waals surface area contributed by atoms with Crippen LogP contribution < -0.4 is 5.73 Å². The molecule has 12 heavy (non-hydrogen) atoms. The molecule has 0 amide bonds. The lowest BCUT2D eigenvalue weighted by Gasteiger charge is -2.08. The minimum atomic E-state index is 0.733. The van der Waals surface area contributed by atoms with Crippen molar-refractivity contribution in [3.8, 4) is 0 Å². The van der Waals surface area contributed by atoms with Crippen LogP contribution in [0.5, 0.6) is 0 Å². The van der Waals surface area contributed by atoms with Crippen LogP contribution in [0.4, 0.5) is 5.69 Å². The number of nitrogens with two attached hydrogens (primary N) is 1. The summed E-state index contributed by atoms with van der Waals surface area (Å²) in [5.74, 6) is 0. The number of anilines is 1. The first-order valence-electron chi connectivity index (χ1n) is 4.26. The Hall–Kier alpha value is -0.690. The summed E-state index contributed by atoms with van der Waals surface area (Å²) >= 11 is 6.05. The second kappa shape index (κ2) is 3.81. The highest BCUT2D eigenvalue weighted by Crippen LogP contribution is 2.27. The fourth-order valence-corrected chi connectivity index (χ4v) is 1.58. The molecule has 0 heterocycles. The summed E-state index contributed by atoms with van der Waals surface area (Å²) in [6.45, 7) is 4.15. The monoisotopic (exact) mass is 183 g/mol. The van der Waals surface area contributed by atoms with Gasteiger partial charge < -0.3 is 5.73 Å². The van der Waals surface area contributed by atoms with Gasteiger partial charge in [0.05, 0.1) is 10.7 Å². The van der Waals surface area contributed by atoms with Crippen molar-refractivity contribution in [3.63, 3.8) is 0 Å². The molecule has 66 valence electrons. The summed E-state index contributed by atoms with van der Waals surface area (Å²) < 4.78 is 0. The van der Waals surface area contributed by atoms with Crippen molar-refractivity contribution in [2.75, 3.05) is 5.73 Å². The van der Waals surface area contributed by atoms with Crippen LogP contribution in [-0.2, 0) is 12.8 Å². The highest BCUT2D eigenvalue weighted by molar-refractivity contribution is 6.34. The van der Waals surface area contributed by atoms with E-state index in [9.17, 15) is 0 Å². The minimum Gasteiger partial charge on any atom is -0.397 e. The molecule has 0 aliphatic heterocycles. The lowest BCUT2D eigenvalue weighted by Crippen LogP contribution is -1.96. The standard InChI is InChI=1S/C10H14ClN/c1-3-7-5-6-8(4-2)10(12)9(7)11/h5-6H,3-4,12H2,1-2H3. The lowest BCUT2D eigenvalue weighted by molar-refractivity contribution is 1.10. The van der Waals surface area contributed by atoms with Gasteiger partial charge in [-0.25, -0.2) is 0 Å². The number of rotatable bonds is 2. The number of aryl methyl sites for hydroxylation is 2. The molecule has 0 fully saturated rings. The molecule has 0 radical (unpaired) electrons. The molecule has 0 atom stereocenters. The molecular weight excluding hydrogens is 170 g/mol. The Morgan fingerprint density at radius 2 is 1.67 bits per heavy atom. The zero-order valence-corrected chi connectivity index (χ0v) is 8.28. The fourth-order valence-electron chi connectivity index (χ4n) is 1.26. The van der Waals surface area contributed by atoms with E-state index in [2.05, 4.69) is 26.0 Å². The Labute approximate surface area is 78.5 Å². The third-order valence-electron chi connectivity index (χ3n) is 2.11. The number of hydrogen-bond donors (Lipinski definition) is 1. The summed E-state index contributed by atoms with van der Waals surface area (Å²) in [5, 5.41) is 0.733. The highest BCUT2D eigenvalue weighted by atomic mass is 35.5. The van der Waals surface area contributed by atoms with E-state index in [1.54, 1.807) is 0 Å². The molecule has 0 aliphatic rings. The van der Waals surface area contributed by atoms with Gasteiger partial charge in [-0.2, -0.15) is 0 Å². The van der Waals surface area contributed by atoms with Gasteiger partial charge in [0.1, 0.15) is 0 Å². The molecule has 0 saturated heterocycles. The molecule has 1 aromatic carbocycles. The van der Waals surface area contributed by atoms with Crippen LogP contribution in [0, 0.1) is 0 Å². The van der Waals surface area contributed by atoms with E-state index in [0.717, 1.165) is 34.7 Å². The average Bonchev–Trinajstić information content (AvgIpc) is 2.10. The maximum atomic E-state index is 6.05. The van der Waals surface area contributed by atoms with Crippen LogP contribution in [0.2, 0.25) is 5.02 Å². The van der Waals surface area contributed by atoms with Crippen LogP contribution in [0.15, 0.2) is 12.1 Å². The smallest absolute Gasteiger partial charge is 0.0670 e. The Balaban J connectivity index is 3.20. The number of nitrogen functional groups attached to an aromatic ring is 1. The topological polar surface area (TPSA) is 26.0 Å². The molecule has 0 spiro atoms. The summed E-state index contributed by atoms with van der Waals surface area (Å²) in [5.41, 5.74) is 8.85. The maximum Gasteiger partial charge on any atom is 0.0670 e. The van der Waals surface area contributed by atoms with Crippen molar-refractivity contribution in [1.29, 1.82) is 0 Å². The van der Waals surface area contributed by atoms with E-state index in [1.807, 2.05) is 0 Å². The predicted molar refractivity (Wildman–Crippen MR) is 54.6 cm³/mol. The van der Waals surface area contributed by atoms with Gasteiger partial charge in [0.25, 0.3) is 0 Å². The molecule has 0 unspecified atom stereocenters. The van der Waals surface area contributed by atoms with E-state index in [0.29, 0.717) is 0 Å². The third-order valence-corrected chi connectivity index (χ3v) is 2.56. The number of halogens is 1. The van der Waals surface area contributed by atoms with E-state index >= 15 is 0 Å². The van der Waals surface area contributed by atoms with Gasteiger partial charge in [-0.3, -0.25) is 0 Å². The van der Waals surface area contributed by atoms with Gasteiger partial charge in [-0.05, 0) is 24.0 Å². The Kier molecular flexibility index (Phi) is 2.99. The van der Waals surface area contributed by atoms with Crippen molar-refractivity contribution >= 4 is 17.3 Å². The van der Waals surface area contributed by atoms with Crippen LogP contribution in [0.1, 0.15) is 25.0 Å². The Morgan fingerprint density at radius 3 is 2.17 bits per heavy atom. The highest BCUT2D eigenvalue weighted by Gasteiger charge is 2.05. The zero-order valence-electron chi connectivity index (χ0n) is 7.52. The molecule has 2 heteroatoms. The van der Waals surface area contributed by atoms with Crippen molar-refractivity contribution in [2.24, 2.45) is 0 Å². The van der Waals surface area contributed by atoms with Gasteiger partial charge in [-0.1, -0.05) is 37.6 Å². The van der Waals surface area contributed by atoms with Gasteiger partial charge in [-0.15, -0.1) is 0 Å². The zero-order chi connectivity index (χ0) is 9.14.